The molecule has 122 valence electrons. The van der Waals surface area contributed by atoms with Crippen molar-refractivity contribution in [3.8, 4) is 0 Å². The highest BCUT2D eigenvalue weighted by molar-refractivity contribution is 5.24. The summed E-state index contributed by atoms with van der Waals surface area (Å²) in [7, 11) is 0. The van der Waals surface area contributed by atoms with Crippen LogP contribution in [-0.4, -0.2) is 0 Å². The fourth-order valence-electron chi connectivity index (χ4n) is 4.52. The molecule has 0 spiro atoms. The van der Waals surface area contributed by atoms with Crippen LogP contribution in [0.25, 0.3) is 0 Å². The molecule has 2 aliphatic carbocycles. The predicted octanol–water partition coefficient (Wildman–Crippen LogP) is 7.22. The van der Waals surface area contributed by atoms with E-state index in [1.165, 1.54) is 56.9 Å². The van der Waals surface area contributed by atoms with Gasteiger partial charge in [0.15, 0.2) is 0 Å². The third-order valence-electron chi connectivity index (χ3n) is 6.05. The van der Waals surface area contributed by atoms with Gasteiger partial charge in [-0.2, -0.15) is 0 Å². The van der Waals surface area contributed by atoms with E-state index >= 15 is 0 Å². The molecule has 0 aromatic heterocycles. The van der Waals surface area contributed by atoms with Crippen molar-refractivity contribution < 1.29 is 2.85 Å². The number of hydrogen-bond donors (Lipinski definition) is 0. The van der Waals surface area contributed by atoms with Crippen molar-refractivity contribution in [1.29, 1.82) is 0 Å². The molecule has 0 nitrogen and oxygen atoms in total. The summed E-state index contributed by atoms with van der Waals surface area (Å²) in [4.78, 5) is 0. The fourth-order valence-corrected chi connectivity index (χ4v) is 4.52. The predicted molar refractivity (Wildman–Crippen MR) is 98.0 cm³/mol. The van der Waals surface area contributed by atoms with Gasteiger partial charge in [0.25, 0.3) is 0 Å². The smallest absolute Gasteiger partial charge is 0 e. The lowest BCUT2D eigenvalue weighted by Gasteiger charge is -2.37. The van der Waals surface area contributed by atoms with Gasteiger partial charge in [0.2, 0.25) is 0 Å². The zero-order valence-corrected chi connectivity index (χ0v) is 13.3. The SMILES string of the molecule is C.Cc1ccc(C2CCC(C3CCC(C)CC3)CC2)cc1.[HH].[HH]. The van der Waals surface area contributed by atoms with Crippen molar-refractivity contribution >= 4 is 0 Å². The van der Waals surface area contributed by atoms with Crippen LogP contribution in [0, 0.1) is 24.7 Å². The number of hydrogen-bond acceptors (Lipinski definition) is 0. The van der Waals surface area contributed by atoms with E-state index in [2.05, 4.69) is 38.1 Å². The molecule has 0 atom stereocenters. The molecular formula is C21H38. The number of aryl methyl sites for hydroxylation is 1. The number of rotatable bonds is 2. The summed E-state index contributed by atoms with van der Waals surface area (Å²) in [5.74, 6) is 3.94. The summed E-state index contributed by atoms with van der Waals surface area (Å²) in [5.41, 5.74) is 2.98. The highest BCUT2D eigenvalue weighted by Crippen LogP contribution is 2.43. The Morgan fingerprint density at radius 1 is 0.762 bits per heavy atom. The zero-order chi connectivity index (χ0) is 13.9. The van der Waals surface area contributed by atoms with Gasteiger partial charge in [-0.1, -0.05) is 57.0 Å². The third kappa shape index (κ3) is 4.11. The topological polar surface area (TPSA) is 0 Å². The first-order valence-electron chi connectivity index (χ1n) is 8.79. The largest absolute Gasteiger partial charge is 0.0776 e. The van der Waals surface area contributed by atoms with E-state index in [-0.39, 0.29) is 10.3 Å². The Kier molecular flexibility index (Phi) is 5.90. The first-order chi connectivity index (χ1) is 9.72. The monoisotopic (exact) mass is 290 g/mol. The molecule has 0 saturated heterocycles. The highest BCUT2D eigenvalue weighted by Gasteiger charge is 2.30. The molecule has 1 aromatic carbocycles. The second kappa shape index (κ2) is 7.47. The molecule has 1 aromatic rings. The van der Waals surface area contributed by atoms with Crippen LogP contribution >= 0.6 is 0 Å². The van der Waals surface area contributed by atoms with Crippen molar-refractivity contribution in [1.82, 2.24) is 0 Å². The average molecular weight is 291 g/mol. The van der Waals surface area contributed by atoms with Crippen LogP contribution in [-0.2, 0) is 0 Å². The quantitative estimate of drug-likeness (QED) is 0.539. The van der Waals surface area contributed by atoms with Crippen LogP contribution in [0.1, 0.15) is 85.6 Å². The summed E-state index contributed by atoms with van der Waals surface area (Å²) in [6.07, 6.45) is 11.8. The fraction of sp³-hybridized carbons (Fsp3) is 0.714. The molecule has 0 bridgehead atoms. The molecule has 0 N–H and O–H groups in total. The minimum Gasteiger partial charge on any atom is -0.0776 e. The van der Waals surface area contributed by atoms with Gasteiger partial charge in [-0.05, 0) is 74.7 Å². The van der Waals surface area contributed by atoms with Gasteiger partial charge in [-0.3, -0.25) is 0 Å². The lowest BCUT2D eigenvalue weighted by Crippen LogP contribution is -2.24. The van der Waals surface area contributed by atoms with Crippen molar-refractivity contribution in [2.45, 2.75) is 78.6 Å². The van der Waals surface area contributed by atoms with Crippen molar-refractivity contribution in [3.05, 3.63) is 35.4 Å². The van der Waals surface area contributed by atoms with Crippen LogP contribution in [0.15, 0.2) is 24.3 Å². The molecule has 0 radical (unpaired) electrons. The highest BCUT2D eigenvalue weighted by atomic mass is 14.4. The second-order valence-electron chi connectivity index (χ2n) is 7.54. The second-order valence-corrected chi connectivity index (χ2v) is 7.54. The molecule has 0 aliphatic heterocycles. The Morgan fingerprint density at radius 3 is 1.76 bits per heavy atom. The van der Waals surface area contributed by atoms with Crippen LogP contribution < -0.4 is 0 Å². The van der Waals surface area contributed by atoms with Gasteiger partial charge >= 0.3 is 0 Å². The summed E-state index contributed by atoms with van der Waals surface area (Å²) in [6, 6.07) is 9.29. The van der Waals surface area contributed by atoms with Crippen LogP contribution in [0.2, 0.25) is 0 Å². The lowest BCUT2D eigenvalue weighted by atomic mass is 9.68. The van der Waals surface area contributed by atoms with E-state index in [1.807, 2.05) is 0 Å². The maximum Gasteiger partial charge on any atom is 0 e. The van der Waals surface area contributed by atoms with Crippen molar-refractivity contribution in [2.24, 2.45) is 17.8 Å². The first-order valence-corrected chi connectivity index (χ1v) is 8.79. The Balaban J connectivity index is 0.00000161. The Bertz CT molecular complexity index is 410. The molecule has 2 fully saturated rings. The molecule has 21 heavy (non-hydrogen) atoms. The molecule has 0 heterocycles. The van der Waals surface area contributed by atoms with Gasteiger partial charge in [-0.15, -0.1) is 0 Å². The van der Waals surface area contributed by atoms with E-state index in [9.17, 15) is 0 Å². The van der Waals surface area contributed by atoms with Crippen LogP contribution in [0.4, 0.5) is 0 Å². The summed E-state index contributed by atoms with van der Waals surface area (Å²) in [5, 5.41) is 0. The van der Waals surface area contributed by atoms with Gasteiger partial charge in [0, 0.05) is 2.85 Å². The Morgan fingerprint density at radius 2 is 1.24 bits per heavy atom. The van der Waals surface area contributed by atoms with E-state index < -0.39 is 0 Å². The minimum absolute atomic E-state index is 0. The van der Waals surface area contributed by atoms with E-state index in [0.29, 0.717) is 0 Å². The van der Waals surface area contributed by atoms with Crippen molar-refractivity contribution in [2.75, 3.05) is 0 Å². The van der Waals surface area contributed by atoms with E-state index in [1.54, 1.807) is 5.56 Å². The van der Waals surface area contributed by atoms with Crippen LogP contribution in [0.3, 0.4) is 0 Å². The number of benzene rings is 1. The first kappa shape index (κ1) is 16.6. The maximum absolute atomic E-state index is 2.44. The van der Waals surface area contributed by atoms with Gasteiger partial charge in [0.05, 0.1) is 0 Å². The minimum atomic E-state index is 0. The molecular weight excluding hydrogens is 252 g/mol. The van der Waals surface area contributed by atoms with E-state index in [4.69, 9.17) is 0 Å². The summed E-state index contributed by atoms with van der Waals surface area (Å²) < 4.78 is 0. The molecule has 2 saturated carbocycles. The maximum atomic E-state index is 2.44. The molecule has 0 unspecified atom stereocenters. The normalized spacial score (nSPS) is 33.2. The van der Waals surface area contributed by atoms with Crippen molar-refractivity contribution in [3.63, 3.8) is 0 Å². The summed E-state index contributed by atoms with van der Waals surface area (Å²) in [6.45, 7) is 4.62. The third-order valence-corrected chi connectivity index (χ3v) is 6.05. The Hall–Kier alpha value is -0.780. The Labute approximate surface area is 135 Å². The molecule has 2 aliphatic rings. The standard InChI is InChI=1S/C20H30.CH4.2H2/c1-15-3-7-17(8-4-15)19-11-13-20(14-12-19)18-9-5-16(2)6-10-18;;;/h3-4,7-8,16,18-20H,5-6,9-14H2,1-2H3;1H4;2*1H. The van der Waals surface area contributed by atoms with E-state index in [0.717, 1.165) is 23.7 Å². The van der Waals surface area contributed by atoms with Gasteiger partial charge in [0.1, 0.15) is 0 Å². The van der Waals surface area contributed by atoms with Gasteiger partial charge in [-0.25, -0.2) is 0 Å². The molecule has 0 heteroatoms. The average Bonchev–Trinajstić information content (AvgIpc) is 2.49. The summed E-state index contributed by atoms with van der Waals surface area (Å²) >= 11 is 0. The molecule has 0 amide bonds. The molecule has 3 rings (SSSR count). The van der Waals surface area contributed by atoms with Crippen LogP contribution in [0.5, 0.6) is 0 Å². The zero-order valence-electron chi connectivity index (χ0n) is 13.3. The lowest BCUT2D eigenvalue weighted by molar-refractivity contribution is 0.165. The van der Waals surface area contributed by atoms with Gasteiger partial charge < -0.3 is 0 Å².